The summed E-state index contributed by atoms with van der Waals surface area (Å²) in [6, 6.07) is 6.75. The van der Waals surface area contributed by atoms with Gasteiger partial charge < -0.3 is 14.5 Å². The number of alkyl halides is 3. The molecule has 0 bridgehead atoms. The van der Waals surface area contributed by atoms with E-state index in [1.807, 2.05) is 0 Å². The maximum absolute atomic E-state index is 12.7. The maximum atomic E-state index is 12.7. The number of likely N-dealkylation sites (tertiary alicyclic amines) is 2. The van der Waals surface area contributed by atoms with Crippen molar-refractivity contribution in [3.05, 3.63) is 29.3 Å². The zero-order chi connectivity index (χ0) is 22.9. The predicted octanol–water partition coefficient (Wildman–Crippen LogP) is 4.97. The van der Waals surface area contributed by atoms with E-state index < -0.39 is 18.4 Å². The molecule has 32 heavy (non-hydrogen) atoms. The van der Waals surface area contributed by atoms with E-state index in [-0.39, 0.29) is 5.41 Å². The van der Waals surface area contributed by atoms with Crippen LogP contribution in [0.3, 0.4) is 0 Å². The number of hydrogen-bond donors (Lipinski definition) is 0. The van der Waals surface area contributed by atoms with Crippen molar-refractivity contribution in [3.8, 4) is 0 Å². The Morgan fingerprint density at radius 1 is 1.09 bits per heavy atom. The van der Waals surface area contributed by atoms with Crippen LogP contribution < -0.4 is 4.90 Å². The fourth-order valence-corrected chi connectivity index (χ4v) is 5.26. The molecule has 1 aromatic carbocycles. The summed E-state index contributed by atoms with van der Waals surface area (Å²) in [6.07, 6.45) is -2.02. The lowest BCUT2D eigenvalue weighted by molar-refractivity contribution is -0.200. The summed E-state index contributed by atoms with van der Waals surface area (Å²) >= 11 is 0. The van der Waals surface area contributed by atoms with E-state index in [9.17, 15) is 18.0 Å². The number of anilines is 1. The molecular weight excluding hydrogens is 419 g/mol. The van der Waals surface area contributed by atoms with E-state index in [0.29, 0.717) is 13.1 Å². The summed E-state index contributed by atoms with van der Waals surface area (Å²) in [6.45, 7) is 9.05. The first-order chi connectivity index (χ1) is 15.2. The second-order valence-corrected chi connectivity index (χ2v) is 9.88. The van der Waals surface area contributed by atoms with Crippen molar-refractivity contribution in [1.82, 2.24) is 9.80 Å². The lowest BCUT2D eigenvalue weighted by Crippen LogP contribution is -2.60. The Labute approximate surface area is 188 Å². The molecule has 3 aliphatic rings. The molecule has 0 N–H and O–H groups in total. The Balaban J connectivity index is 1.29. The molecular formula is C24H34F3N3O2. The van der Waals surface area contributed by atoms with Gasteiger partial charge in [0.1, 0.15) is 0 Å². The van der Waals surface area contributed by atoms with Crippen LogP contribution in [0, 0.1) is 12.3 Å². The summed E-state index contributed by atoms with van der Waals surface area (Å²) in [5.74, 6) is 0. The highest BCUT2D eigenvalue weighted by atomic mass is 19.4. The molecule has 1 unspecified atom stereocenters. The third-order valence-corrected chi connectivity index (χ3v) is 7.27. The number of piperidine rings is 2. The van der Waals surface area contributed by atoms with Crippen molar-refractivity contribution in [2.75, 3.05) is 44.2 Å². The molecule has 8 heteroatoms. The normalized spacial score (nSPS) is 22.5. The minimum absolute atomic E-state index is 0.169. The zero-order valence-corrected chi connectivity index (χ0v) is 19.1. The number of carbonyl (C=O) groups is 1. The summed E-state index contributed by atoms with van der Waals surface area (Å²) in [5.41, 5.74) is 4.19. The van der Waals surface area contributed by atoms with Crippen molar-refractivity contribution in [2.24, 2.45) is 5.41 Å². The van der Waals surface area contributed by atoms with Crippen LogP contribution in [0.15, 0.2) is 18.2 Å². The minimum atomic E-state index is -4.52. The van der Waals surface area contributed by atoms with Gasteiger partial charge in [-0.25, -0.2) is 4.79 Å². The third-order valence-electron chi connectivity index (χ3n) is 7.27. The number of nitrogens with zero attached hydrogens (tertiary/aromatic N) is 3. The van der Waals surface area contributed by atoms with E-state index in [0.717, 1.165) is 52.5 Å². The standard InChI is InChI=1S/C24H34F3N3O2/c1-18-6-7-20(21(14-18)29-10-4-3-5-11-29)15-28-16-23(17-28)8-12-30(13-9-23)22(31)32-19(2)24(25,26)27/h6-7,14,19H,3-5,8-13,15-17H2,1-2H3. The minimum Gasteiger partial charge on any atom is -0.437 e. The summed E-state index contributed by atoms with van der Waals surface area (Å²) in [7, 11) is 0. The molecule has 4 rings (SSSR count). The van der Waals surface area contributed by atoms with Crippen LogP contribution in [-0.2, 0) is 11.3 Å². The van der Waals surface area contributed by atoms with Gasteiger partial charge in [0.2, 0.25) is 0 Å². The first kappa shape index (κ1) is 23.2. The maximum Gasteiger partial charge on any atom is 0.425 e. The molecule has 178 valence electrons. The van der Waals surface area contributed by atoms with Gasteiger partial charge >= 0.3 is 12.3 Å². The molecule has 3 saturated heterocycles. The van der Waals surface area contributed by atoms with Gasteiger partial charge in [0, 0.05) is 51.5 Å². The van der Waals surface area contributed by atoms with Gasteiger partial charge in [0.15, 0.2) is 6.10 Å². The number of halogens is 3. The van der Waals surface area contributed by atoms with Gasteiger partial charge in [-0.05, 0) is 68.6 Å². The Kier molecular flexibility index (Phi) is 6.61. The lowest BCUT2D eigenvalue weighted by atomic mass is 9.72. The number of amides is 1. The Hall–Kier alpha value is -1.96. The molecule has 3 fully saturated rings. The Bertz CT molecular complexity index is 807. The molecule has 1 atom stereocenters. The van der Waals surface area contributed by atoms with Crippen LogP contribution >= 0.6 is 0 Å². The van der Waals surface area contributed by atoms with Crippen LogP contribution in [0.1, 0.15) is 50.2 Å². The SMILES string of the molecule is Cc1ccc(CN2CC3(CCN(C(=O)OC(C)C(F)(F)F)CC3)C2)c(N2CCCCC2)c1. The second kappa shape index (κ2) is 9.12. The molecule has 1 aromatic rings. The number of aryl methyl sites for hydroxylation is 1. The van der Waals surface area contributed by atoms with Crippen molar-refractivity contribution in [1.29, 1.82) is 0 Å². The fraction of sp³-hybridized carbons (Fsp3) is 0.708. The van der Waals surface area contributed by atoms with E-state index >= 15 is 0 Å². The van der Waals surface area contributed by atoms with Crippen molar-refractivity contribution < 1.29 is 22.7 Å². The highest BCUT2D eigenvalue weighted by Crippen LogP contribution is 2.42. The first-order valence-corrected chi connectivity index (χ1v) is 11.7. The molecule has 1 spiro atoms. The van der Waals surface area contributed by atoms with Gasteiger partial charge in [-0.1, -0.05) is 12.1 Å². The zero-order valence-electron chi connectivity index (χ0n) is 19.1. The van der Waals surface area contributed by atoms with E-state index in [1.165, 1.54) is 41.0 Å². The number of ether oxygens (including phenoxy) is 1. The Morgan fingerprint density at radius 2 is 1.75 bits per heavy atom. The molecule has 0 aromatic heterocycles. The fourth-order valence-electron chi connectivity index (χ4n) is 5.26. The highest BCUT2D eigenvalue weighted by molar-refractivity contribution is 5.68. The predicted molar refractivity (Wildman–Crippen MR) is 118 cm³/mol. The summed E-state index contributed by atoms with van der Waals surface area (Å²) in [5, 5.41) is 0. The highest BCUT2D eigenvalue weighted by Gasteiger charge is 2.46. The van der Waals surface area contributed by atoms with Gasteiger partial charge in [-0.15, -0.1) is 0 Å². The molecule has 3 aliphatic heterocycles. The topological polar surface area (TPSA) is 36.0 Å². The van der Waals surface area contributed by atoms with Gasteiger partial charge in [0.05, 0.1) is 0 Å². The van der Waals surface area contributed by atoms with Crippen LogP contribution in [-0.4, -0.2) is 67.4 Å². The molecule has 0 saturated carbocycles. The molecule has 1 amide bonds. The lowest BCUT2D eigenvalue weighted by Gasteiger charge is -2.54. The van der Waals surface area contributed by atoms with Gasteiger partial charge in [-0.3, -0.25) is 4.90 Å². The van der Waals surface area contributed by atoms with Crippen LogP contribution in [0.4, 0.5) is 23.7 Å². The summed E-state index contributed by atoms with van der Waals surface area (Å²) < 4.78 is 42.6. The van der Waals surface area contributed by atoms with E-state index in [4.69, 9.17) is 0 Å². The van der Waals surface area contributed by atoms with Crippen LogP contribution in [0.5, 0.6) is 0 Å². The van der Waals surface area contributed by atoms with E-state index in [1.54, 1.807) is 0 Å². The quantitative estimate of drug-likeness (QED) is 0.645. The van der Waals surface area contributed by atoms with Crippen molar-refractivity contribution in [2.45, 2.75) is 64.8 Å². The molecule has 0 radical (unpaired) electrons. The molecule has 5 nitrogen and oxygen atoms in total. The largest absolute Gasteiger partial charge is 0.437 e. The van der Waals surface area contributed by atoms with Crippen molar-refractivity contribution >= 4 is 11.8 Å². The van der Waals surface area contributed by atoms with Crippen LogP contribution in [0.2, 0.25) is 0 Å². The van der Waals surface area contributed by atoms with Crippen LogP contribution in [0.25, 0.3) is 0 Å². The third kappa shape index (κ3) is 5.16. The average Bonchev–Trinajstić information content (AvgIpc) is 2.74. The van der Waals surface area contributed by atoms with E-state index in [2.05, 4.69) is 39.7 Å². The Morgan fingerprint density at radius 3 is 2.38 bits per heavy atom. The molecule has 0 aliphatic carbocycles. The summed E-state index contributed by atoms with van der Waals surface area (Å²) in [4.78, 5) is 18.5. The van der Waals surface area contributed by atoms with Crippen molar-refractivity contribution in [3.63, 3.8) is 0 Å². The second-order valence-electron chi connectivity index (χ2n) is 9.88. The average molecular weight is 454 g/mol. The number of rotatable bonds is 4. The monoisotopic (exact) mass is 453 g/mol. The molecule has 3 heterocycles. The first-order valence-electron chi connectivity index (χ1n) is 11.7. The van der Waals surface area contributed by atoms with Gasteiger partial charge in [-0.2, -0.15) is 13.2 Å². The number of hydrogen-bond acceptors (Lipinski definition) is 4. The number of benzene rings is 1. The number of carbonyl (C=O) groups excluding carboxylic acids is 1. The smallest absolute Gasteiger partial charge is 0.425 e. The van der Waals surface area contributed by atoms with Gasteiger partial charge in [0.25, 0.3) is 0 Å².